The summed E-state index contributed by atoms with van der Waals surface area (Å²) >= 11 is 0. The number of carbonyl (C=O) groups is 1. The quantitative estimate of drug-likeness (QED) is 0.113. The van der Waals surface area contributed by atoms with Crippen molar-refractivity contribution in [2.75, 3.05) is 50.9 Å². The number of pyridine rings is 1. The first-order valence-electron chi connectivity index (χ1n) is 17.2. The van der Waals surface area contributed by atoms with E-state index >= 15 is 4.39 Å². The number of halogens is 1. The van der Waals surface area contributed by atoms with Gasteiger partial charge in [0.2, 0.25) is 0 Å². The molecule has 0 saturated carbocycles. The minimum atomic E-state index is -1.29. The lowest BCUT2D eigenvalue weighted by molar-refractivity contribution is 0.0240. The fraction of sp³-hybridized carbons (Fsp3) is 0.486. The molecule has 1 amide bonds. The highest BCUT2D eigenvalue weighted by Crippen LogP contribution is 2.37. The first-order chi connectivity index (χ1) is 23.7. The molecule has 0 radical (unpaired) electrons. The van der Waals surface area contributed by atoms with E-state index < -0.39 is 19.5 Å². The molecule has 0 atom stereocenters. The zero-order chi connectivity index (χ0) is 36.1. The SMILES string of the molecule is CC(C)(C)OC(=O)N1CCN(c2ccc(-c3nn(COCC[Si](C)(C)C)c4cnc(-c5c(F)cccc5COCCCO)cc34)cc2O)CC1. The molecule has 0 bridgehead atoms. The number of amides is 1. The van der Waals surface area contributed by atoms with Gasteiger partial charge in [-0.05, 0) is 63.1 Å². The van der Waals surface area contributed by atoms with Crippen LogP contribution in [0.15, 0.2) is 48.7 Å². The van der Waals surface area contributed by atoms with Crippen LogP contribution in [0, 0.1) is 5.82 Å². The Morgan fingerprint density at radius 1 is 1.02 bits per heavy atom. The molecule has 0 spiro atoms. The molecule has 1 aliphatic rings. The Morgan fingerprint density at radius 2 is 1.78 bits per heavy atom. The second kappa shape index (κ2) is 15.9. The number of phenols is 1. The second-order valence-corrected chi connectivity index (χ2v) is 20.5. The highest BCUT2D eigenvalue weighted by atomic mass is 28.3. The van der Waals surface area contributed by atoms with Gasteiger partial charge in [-0.15, -0.1) is 0 Å². The number of nitrogens with zero attached hydrogens (tertiary/aromatic N) is 5. The van der Waals surface area contributed by atoms with Crippen LogP contribution in [0.25, 0.3) is 33.4 Å². The molecular formula is C37H50FN5O6Si. The number of hydrogen-bond donors (Lipinski definition) is 2. The van der Waals surface area contributed by atoms with E-state index in [1.807, 2.05) is 49.9 Å². The fourth-order valence-corrected chi connectivity index (χ4v) is 6.53. The maximum Gasteiger partial charge on any atom is 0.410 e. The Kier molecular flexibility index (Phi) is 11.8. The van der Waals surface area contributed by atoms with E-state index in [2.05, 4.69) is 24.6 Å². The van der Waals surface area contributed by atoms with Gasteiger partial charge in [0.15, 0.2) is 0 Å². The molecule has 0 unspecified atom stereocenters. The number of piperazine rings is 1. The highest BCUT2D eigenvalue weighted by Gasteiger charge is 2.27. The zero-order valence-corrected chi connectivity index (χ0v) is 31.0. The molecule has 0 aliphatic carbocycles. The maximum absolute atomic E-state index is 15.4. The molecule has 5 rings (SSSR count). The van der Waals surface area contributed by atoms with E-state index in [1.54, 1.807) is 27.9 Å². The van der Waals surface area contributed by atoms with Crippen molar-refractivity contribution in [3.63, 3.8) is 0 Å². The Bertz CT molecular complexity index is 1780. The number of anilines is 1. The van der Waals surface area contributed by atoms with Gasteiger partial charge in [-0.25, -0.2) is 13.9 Å². The van der Waals surface area contributed by atoms with Crippen LogP contribution in [0.3, 0.4) is 0 Å². The van der Waals surface area contributed by atoms with Gasteiger partial charge < -0.3 is 34.2 Å². The van der Waals surface area contributed by atoms with Crippen molar-refractivity contribution in [3.05, 3.63) is 60.0 Å². The Morgan fingerprint density at radius 3 is 2.46 bits per heavy atom. The fourth-order valence-electron chi connectivity index (χ4n) is 5.77. The van der Waals surface area contributed by atoms with Gasteiger partial charge in [0, 0.05) is 70.6 Å². The normalized spacial score (nSPS) is 14.1. The number of aromatic nitrogens is 3. The maximum atomic E-state index is 15.4. The summed E-state index contributed by atoms with van der Waals surface area (Å²) in [6.07, 6.45) is 1.84. The standard InChI is InChI=1S/C37H50FN5O6Si/c1-37(2,3)49-36(46)42-15-13-41(14-16-42)31-12-11-26(21-33(31)45)35-28-22-30(34-27(9-7-10-29(34)38)24-47-18-8-17-44)39-23-32(28)43(40-35)25-48-19-20-50(4,5)6/h7,9-12,21-23,44-45H,8,13-20,24-25H2,1-6H3. The monoisotopic (exact) mass is 707 g/mol. The lowest BCUT2D eigenvalue weighted by Crippen LogP contribution is -2.50. The Labute approximate surface area is 294 Å². The molecule has 2 N–H and O–H groups in total. The first-order valence-corrected chi connectivity index (χ1v) is 20.9. The lowest BCUT2D eigenvalue weighted by Gasteiger charge is -2.37. The minimum Gasteiger partial charge on any atom is -0.506 e. The van der Waals surface area contributed by atoms with E-state index in [0.29, 0.717) is 79.6 Å². The third-order valence-electron chi connectivity index (χ3n) is 8.43. The molecule has 1 saturated heterocycles. The summed E-state index contributed by atoms with van der Waals surface area (Å²) in [6, 6.07) is 13.2. The summed E-state index contributed by atoms with van der Waals surface area (Å²) in [4.78, 5) is 21.0. The molecule has 4 aromatic rings. The van der Waals surface area contributed by atoms with Crippen LogP contribution in [-0.2, 0) is 27.5 Å². The van der Waals surface area contributed by atoms with Gasteiger partial charge in [0.25, 0.3) is 0 Å². The number of hydrogen-bond acceptors (Lipinski definition) is 9. The van der Waals surface area contributed by atoms with Crippen molar-refractivity contribution in [2.24, 2.45) is 0 Å². The van der Waals surface area contributed by atoms with Crippen molar-refractivity contribution < 1.29 is 33.6 Å². The third-order valence-corrected chi connectivity index (χ3v) is 10.1. The van der Waals surface area contributed by atoms with Crippen LogP contribution in [0.5, 0.6) is 5.75 Å². The molecule has 1 fully saturated rings. The molecular weight excluding hydrogens is 658 g/mol. The third kappa shape index (κ3) is 9.39. The summed E-state index contributed by atoms with van der Waals surface area (Å²) in [5, 5.41) is 26.1. The van der Waals surface area contributed by atoms with Crippen LogP contribution in [0.2, 0.25) is 25.7 Å². The van der Waals surface area contributed by atoms with E-state index in [4.69, 9.17) is 24.4 Å². The van der Waals surface area contributed by atoms with Crippen LogP contribution in [0.1, 0.15) is 32.8 Å². The molecule has 1 aliphatic heterocycles. The lowest BCUT2D eigenvalue weighted by atomic mass is 10.0. The van der Waals surface area contributed by atoms with Gasteiger partial charge in [-0.1, -0.05) is 37.8 Å². The molecule has 11 nitrogen and oxygen atoms in total. The number of fused-ring (bicyclic) bond motifs is 1. The number of aliphatic hydroxyl groups excluding tert-OH is 1. The predicted octanol–water partition coefficient (Wildman–Crippen LogP) is 6.88. The topological polar surface area (TPSA) is 122 Å². The van der Waals surface area contributed by atoms with E-state index in [9.17, 15) is 9.90 Å². The van der Waals surface area contributed by atoms with Crippen molar-refractivity contribution in [3.8, 4) is 28.3 Å². The second-order valence-electron chi connectivity index (χ2n) is 14.8. The van der Waals surface area contributed by atoms with Gasteiger partial charge in [-0.3, -0.25) is 4.98 Å². The van der Waals surface area contributed by atoms with E-state index in [1.165, 1.54) is 6.07 Å². The molecule has 13 heteroatoms. The Hall–Kier alpha value is -4.04. The Balaban J connectivity index is 1.45. The largest absolute Gasteiger partial charge is 0.506 e. The van der Waals surface area contributed by atoms with Gasteiger partial charge >= 0.3 is 6.09 Å². The minimum absolute atomic E-state index is 0.0180. The molecule has 50 heavy (non-hydrogen) atoms. The van der Waals surface area contributed by atoms with Crippen molar-refractivity contribution in [1.82, 2.24) is 19.7 Å². The van der Waals surface area contributed by atoms with Crippen molar-refractivity contribution in [1.29, 1.82) is 0 Å². The van der Waals surface area contributed by atoms with E-state index in [-0.39, 0.29) is 31.8 Å². The van der Waals surface area contributed by atoms with Crippen molar-refractivity contribution in [2.45, 2.75) is 71.8 Å². The zero-order valence-electron chi connectivity index (χ0n) is 30.0. The summed E-state index contributed by atoms with van der Waals surface area (Å²) in [5.41, 5.74) is 3.52. The highest BCUT2D eigenvalue weighted by molar-refractivity contribution is 6.76. The molecule has 3 heterocycles. The summed E-state index contributed by atoms with van der Waals surface area (Å²) in [6.45, 7) is 15.9. The van der Waals surface area contributed by atoms with Gasteiger partial charge in [0.1, 0.15) is 29.6 Å². The average Bonchev–Trinajstić information content (AvgIpc) is 3.41. The number of aliphatic hydroxyl groups is 1. The smallest absolute Gasteiger partial charge is 0.410 e. The van der Waals surface area contributed by atoms with Gasteiger partial charge in [0.05, 0.1) is 29.7 Å². The molecule has 2 aromatic heterocycles. The summed E-state index contributed by atoms with van der Waals surface area (Å²) < 4.78 is 34.5. The van der Waals surface area contributed by atoms with Crippen molar-refractivity contribution >= 4 is 30.8 Å². The summed E-state index contributed by atoms with van der Waals surface area (Å²) in [7, 11) is -1.29. The van der Waals surface area contributed by atoms with Crippen LogP contribution >= 0.6 is 0 Å². The predicted molar refractivity (Wildman–Crippen MR) is 196 cm³/mol. The average molecular weight is 708 g/mol. The number of phenolic OH excluding ortho intramolecular Hbond substituents is 1. The molecule has 270 valence electrons. The number of benzene rings is 2. The van der Waals surface area contributed by atoms with E-state index in [0.717, 1.165) is 16.9 Å². The number of rotatable bonds is 13. The number of carbonyl (C=O) groups excluding carboxylic acids is 1. The van der Waals surface area contributed by atoms with Crippen LogP contribution in [-0.4, -0.2) is 95.6 Å². The number of ether oxygens (including phenoxy) is 3. The van der Waals surface area contributed by atoms with Crippen LogP contribution in [0.4, 0.5) is 14.9 Å². The summed E-state index contributed by atoms with van der Waals surface area (Å²) in [5.74, 6) is -0.328. The van der Waals surface area contributed by atoms with Crippen LogP contribution < -0.4 is 4.90 Å². The van der Waals surface area contributed by atoms with Gasteiger partial charge in [-0.2, -0.15) is 5.10 Å². The first kappa shape index (κ1) is 37.2. The number of aromatic hydroxyl groups is 1. The molecule has 2 aromatic carbocycles.